The van der Waals surface area contributed by atoms with Crippen molar-refractivity contribution in [3.63, 3.8) is 0 Å². The van der Waals surface area contributed by atoms with Gasteiger partial charge in [0, 0.05) is 16.4 Å². The van der Waals surface area contributed by atoms with Crippen LogP contribution in [0.5, 0.6) is 0 Å². The van der Waals surface area contributed by atoms with E-state index in [4.69, 9.17) is 0 Å². The molecule has 0 spiro atoms. The molecule has 2 aromatic rings. The highest BCUT2D eigenvalue weighted by atomic mass is 79.9. The van der Waals surface area contributed by atoms with Crippen LogP contribution in [0, 0.1) is 0 Å². The molecule has 5 nitrogen and oxygen atoms in total. The van der Waals surface area contributed by atoms with Crippen molar-refractivity contribution in [1.29, 1.82) is 0 Å². The number of carbonyl (C=O) groups is 1. The molecule has 0 unspecified atom stereocenters. The topological polar surface area (TPSA) is 59.8 Å². The van der Waals surface area contributed by atoms with Crippen LogP contribution >= 0.6 is 15.9 Å². The summed E-state index contributed by atoms with van der Waals surface area (Å²) >= 11 is 2.83. The molecule has 1 heterocycles. The minimum atomic E-state index is -4.44. The fraction of sp³-hybridized carbons (Fsp3) is 0.182. The van der Waals surface area contributed by atoms with E-state index in [1.54, 1.807) is 0 Å². The Labute approximate surface area is 119 Å². The molecule has 0 fully saturated rings. The zero-order valence-electron chi connectivity index (χ0n) is 9.86. The maximum Gasteiger partial charge on any atom is 0.417 e. The molecular weight excluding hydrogens is 341 g/mol. The summed E-state index contributed by atoms with van der Waals surface area (Å²) in [6, 6.07) is 3.28. The van der Waals surface area contributed by atoms with E-state index in [0.29, 0.717) is 0 Å². The third kappa shape index (κ3) is 3.56. The van der Waals surface area contributed by atoms with Crippen molar-refractivity contribution >= 4 is 27.5 Å². The lowest BCUT2D eigenvalue weighted by atomic mass is 10.2. The standard InChI is InChI=1S/C11H8BrF3N4O/c12-9-5-7(1-2-8(9)11(13,14)15)17-10(20)6-19-4-3-16-18-19/h1-5H,6H2,(H,17,20). The molecule has 106 valence electrons. The van der Waals surface area contributed by atoms with Gasteiger partial charge in [0.15, 0.2) is 0 Å². The van der Waals surface area contributed by atoms with Crippen molar-refractivity contribution < 1.29 is 18.0 Å². The molecule has 1 aromatic heterocycles. The van der Waals surface area contributed by atoms with Gasteiger partial charge in [-0.15, -0.1) is 5.10 Å². The van der Waals surface area contributed by atoms with Crippen LogP contribution in [0.2, 0.25) is 0 Å². The van der Waals surface area contributed by atoms with Crippen LogP contribution in [-0.2, 0) is 17.5 Å². The largest absolute Gasteiger partial charge is 0.417 e. The Bertz CT molecular complexity index is 613. The first-order valence-corrected chi connectivity index (χ1v) is 6.16. The van der Waals surface area contributed by atoms with Crippen molar-refractivity contribution in [2.45, 2.75) is 12.7 Å². The number of carbonyl (C=O) groups excluding carboxylic acids is 1. The maximum atomic E-state index is 12.6. The molecule has 9 heteroatoms. The quantitative estimate of drug-likeness (QED) is 0.927. The normalized spacial score (nSPS) is 11.4. The summed E-state index contributed by atoms with van der Waals surface area (Å²) in [4.78, 5) is 11.6. The van der Waals surface area contributed by atoms with Gasteiger partial charge in [-0.3, -0.25) is 4.79 Å². The van der Waals surface area contributed by atoms with Crippen molar-refractivity contribution in [3.05, 3.63) is 40.6 Å². The lowest BCUT2D eigenvalue weighted by Gasteiger charge is -2.11. The van der Waals surface area contributed by atoms with E-state index in [1.165, 1.54) is 29.2 Å². The fourth-order valence-electron chi connectivity index (χ4n) is 1.49. The number of hydrogen-bond acceptors (Lipinski definition) is 3. The van der Waals surface area contributed by atoms with Crippen LogP contribution in [0.1, 0.15) is 5.56 Å². The first-order valence-electron chi connectivity index (χ1n) is 5.37. The molecule has 20 heavy (non-hydrogen) atoms. The van der Waals surface area contributed by atoms with E-state index in [0.717, 1.165) is 6.07 Å². The van der Waals surface area contributed by atoms with Gasteiger partial charge in [-0.05, 0) is 18.2 Å². The number of halogens is 4. The minimum absolute atomic E-state index is 0.0708. The van der Waals surface area contributed by atoms with E-state index in [9.17, 15) is 18.0 Å². The monoisotopic (exact) mass is 348 g/mol. The number of hydrogen-bond donors (Lipinski definition) is 1. The second-order valence-electron chi connectivity index (χ2n) is 3.84. The third-order valence-electron chi connectivity index (χ3n) is 2.34. The van der Waals surface area contributed by atoms with E-state index < -0.39 is 17.6 Å². The molecule has 1 N–H and O–H groups in total. The maximum absolute atomic E-state index is 12.6. The molecule has 0 aliphatic rings. The molecule has 1 aromatic carbocycles. The zero-order chi connectivity index (χ0) is 14.8. The first-order chi connectivity index (χ1) is 9.36. The van der Waals surface area contributed by atoms with Crippen molar-refractivity contribution in [2.75, 3.05) is 5.32 Å². The predicted molar refractivity (Wildman–Crippen MR) is 67.8 cm³/mol. The Morgan fingerprint density at radius 1 is 1.40 bits per heavy atom. The minimum Gasteiger partial charge on any atom is -0.324 e. The second-order valence-corrected chi connectivity index (χ2v) is 4.70. The Morgan fingerprint density at radius 3 is 2.70 bits per heavy atom. The van der Waals surface area contributed by atoms with Gasteiger partial charge in [0.25, 0.3) is 0 Å². The summed E-state index contributed by atoms with van der Waals surface area (Å²) in [6.07, 6.45) is -1.52. The van der Waals surface area contributed by atoms with Gasteiger partial charge in [-0.2, -0.15) is 13.2 Å². The van der Waals surface area contributed by atoms with Gasteiger partial charge in [0.2, 0.25) is 5.91 Å². The van der Waals surface area contributed by atoms with E-state index in [2.05, 4.69) is 31.6 Å². The Kier molecular flexibility index (Phi) is 4.07. The van der Waals surface area contributed by atoms with Gasteiger partial charge >= 0.3 is 6.18 Å². The smallest absolute Gasteiger partial charge is 0.324 e. The zero-order valence-corrected chi connectivity index (χ0v) is 11.4. The molecule has 0 aliphatic carbocycles. The number of anilines is 1. The van der Waals surface area contributed by atoms with Gasteiger partial charge in [-0.25, -0.2) is 4.68 Å². The number of aromatic nitrogens is 3. The predicted octanol–water partition coefficient (Wildman–Crippen LogP) is 2.70. The Hall–Kier alpha value is -1.90. The number of amides is 1. The summed E-state index contributed by atoms with van der Waals surface area (Å²) in [7, 11) is 0. The molecule has 1 amide bonds. The van der Waals surface area contributed by atoms with Gasteiger partial charge in [0.1, 0.15) is 6.54 Å². The van der Waals surface area contributed by atoms with Gasteiger partial charge in [-0.1, -0.05) is 21.1 Å². The summed E-state index contributed by atoms with van der Waals surface area (Å²) < 4.78 is 38.8. The average Bonchev–Trinajstić information content (AvgIpc) is 2.79. The van der Waals surface area contributed by atoms with Crippen LogP contribution in [0.15, 0.2) is 35.1 Å². The summed E-state index contributed by atoms with van der Waals surface area (Å²) in [6.45, 7) is -0.0708. The molecule has 0 atom stereocenters. The van der Waals surface area contributed by atoms with E-state index in [1.807, 2.05) is 0 Å². The van der Waals surface area contributed by atoms with Crippen molar-refractivity contribution in [3.8, 4) is 0 Å². The lowest BCUT2D eigenvalue weighted by molar-refractivity contribution is -0.138. The fourth-order valence-corrected chi connectivity index (χ4v) is 2.09. The summed E-state index contributed by atoms with van der Waals surface area (Å²) in [5.41, 5.74) is -0.540. The highest BCUT2D eigenvalue weighted by Crippen LogP contribution is 2.35. The molecule has 0 aliphatic heterocycles. The van der Waals surface area contributed by atoms with Gasteiger partial charge in [0.05, 0.1) is 11.8 Å². The highest BCUT2D eigenvalue weighted by Gasteiger charge is 2.32. The van der Waals surface area contributed by atoms with Crippen LogP contribution in [0.4, 0.5) is 18.9 Å². The number of alkyl halides is 3. The molecule has 0 bridgehead atoms. The van der Waals surface area contributed by atoms with Crippen molar-refractivity contribution in [1.82, 2.24) is 15.0 Å². The molecule has 2 rings (SSSR count). The lowest BCUT2D eigenvalue weighted by Crippen LogP contribution is -2.19. The van der Waals surface area contributed by atoms with E-state index in [-0.39, 0.29) is 16.7 Å². The summed E-state index contributed by atoms with van der Waals surface area (Å²) in [5.74, 6) is -0.415. The van der Waals surface area contributed by atoms with Crippen molar-refractivity contribution in [2.24, 2.45) is 0 Å². The number of benzene rings is 1. The third-order valence-corrected chi connectivity index (χ3v) is 2.99. The number of nitrogens with one attached hydrogen (secondary N) is 1. The Morgan fingerprint density at radius 2 is 2.15 bits per heavy atom. The summed E-state index contributed by atoms with van der Waals surface area (Å²) in [5, 5.41) is 9.62. The van der Waals surface area contributed by atoms with Crippen LogP contribution < -0.4 is 5.32 Å². The molecular formula is C11H8BrF3N4O. The number of rotatable bonds is 3. The highest BCUT2D eigenvalue weighted by molar-refractivity contribution is 9.10. The molecule has 0 saturated heterocycles. The van der Waals surface area contributed by atoms with Crippen LogP contribution in [-0.4, -0.2) is 20.9 Å². The number of nitrogens with zero attached hydrogens (tertiary/aromatic N) is 3. The van der Waals surface area contributed by atoms with Crippen LogP contribution in [0.3, 0.4) is 0 Å². The Balaban J connectivity index is 2.07. The average molecular weight is 349 g/mol. The van der Waals surface area contributed by atoms with Gasteiger partial charge < -0.3 is 5.32 Å². The first kappa shape index (κ1) is 14.5. The van der Waals surface area contributed by atoms with E-state index >= 15 is 0 Å². The SMILES string of the molecule is O=C(Cn1ccnn1)Nc1ccc(C(F)(F)F)c(Br)c1. The second kappa shape index (κ2) is 5.61. The molecule has 0 radical (unpaired) electrons. The van der Waals surface area contributed by atoms with Crippen LogP contribution in [0.25, 0.3) is 0 Å². The molecule has 0 saturated carbocycles.